The average molecular weight is 312 g/mol. The van der Waals surface area contributed by atoms with E-state index in [0.29, 0.717) is 38.2 Å². The molecule has 0 saturated carbocycles. The van der Waals surface area contributed by atoms with Gasteiger partial charge in [0.05, 0.1) is 0 Å². The van der Waals surface area contributed by atoms with Crippen molar-refractivity contribution < 1.29 is 19.7 Å². The highest BCUT2D eigenvalue weighted by Gasteiger charge is 2.25. The van der Waals surface area contributed by atoms with Crippen LogP contribution in [0.2, 0.25) is 0 Å². The number of nitro groups is 1. The van der Waals surface area contributed by atoms with Gasteiger partial charge in [0.15, 0.2) is 5.71 Å². The maximum absolute atomic E-state index is 12.3. The second-order valence-electron chi connectivity index (χ2n) is 4.95. The van der Waals surface area contributed by atoms with E-state index in [1.54, 1.807) is 11.8 Å². The van der Waals surface area contributed by atoms with Gasteiger partial charge in [0, 0.05) is 43.6 Å². The third-order valence-electron chi connectivity index (χ3n) is 3.66. The van der Waals surface area contributed by atoms with Crippen LogP contribution in [0.1, 0.15) is 20.3 Å². The SMILES string of the molecule is CCC(=CC(=NO)C(=O)N1CCN(C=O)CC1)C(C)[N+](=O)[O-]. The molecule has 1 atom stereocenters. The molecule has 9 heteroatoms. The number of nitrogens with zero attached hydrogens (tertiary/aromatic N) is 4. The number of hydrogen-bond donors (Lipinski definition) is 1. The highest BCUT2D eigenvalue weighted by atomic mass is 16.6. The summed E-state index contributed by atoms with van der Waals surface area (Å²) in [5.41, 5.74) is 0.169. The molecule has 1 heterocycles. The lowest BCUT2D eigenvalue weighted by molar-refractivity contribution is -0.507. The van der Waals surface area contributed by atoms with E-state index in [1.807, 2.05) is 0 Å². The van der Waals surface area contributed by atoms with Crippen molar-refractivity contribution in [3.05, 3.63) is 21.8 Å². The fraction of sp³-hybridized carbons (Fsp3) is 0.615. The Bertz CT molecular complexity index is 495. The molecule has 0 bridgehead atoms. The number of carbonyl (C=O) groups is 2. The van der Waals surface area contributed by atoms with Crippen molar-refractivity contribution in [3.8, 4) is 0 Å². The Morgan fingerprint density at radius 3 is 2.41 bits per heavy atom. The zero-order valence-electron chi connectivity index (χ0n) is 12.6. The topological polar surface area (TPSA) is 116 Å². The van der Waals surface area contributed by atoms with Crippen molar-refractivity contribution in [1.82, 2.24) is 9.80 Å². The van der Waals surface area contributed by atoms with Gasteiger partial charge in [0.1, 0.15) is 0 Å². The Kier molecular flexibility index (Phi) is 6.48. The molecule has 0 aromatic heterocycles. The summed E-state index contributed by atoms with van der Waals surface area (Å²) in [4.78, 5) is 36.3. The minimum absolute atomic E-state index is 0.231. The molecule has 0 aromatic rings. The van der Waals surface area contributed by atoms with Crippen molar-refractivity contribution in [2.75, 3.05) is 26.2 Å². The third kappa shape index (κ3) is 4.27. The third-order valence-corrected chi connectivity index (χ3v) is 3.66. The molecular formula is C13H20N4O5. The number of carbonyl (C=O) groups excluding carboxylic acids is 2. The predicted molar refractivity (Wildman–Crippen MR) is 78.3 cm³/mol. The van der Waals surface area contributed by atoms with Crippen LogP contribution in [0.4, 0.5) is 0 Å². The Labute approximate surface area is 128 Å². The second-order valence-corrected chi connectivity index (χ2v) is 4.95. The standard InChI is InChI=1S/C13H20N4O5/c1-3-11(10(2)17(21)22)8-12(14-20)13(19)16-6-4-15(9-18)5-7-16/h8-10,20H,3-7H2,1-2H3. The van der Waals surface area contributed by atoms with Gasteiger partial charge >= 0.3 is 0 Å². The second kappa shape index (κ2) is 8.11. The number of hydrogen-bond acceptors (Lipinski definition) is 6. The first-order chi connectivity index (χ1) is 10.4. The molecular weight excluding hydrogens is 292 g/mol. The quantitative estimate of drug-likeness (QED) is 0.246. The molecule has 1 aliphatic heterocycles. The summed E-state index contributed by atoms with van der Waals surface area (Å²) in [7, 11) is 0. The van der Waals surface area contributed by atoms with Crippen LogP contribution < -0.4 is 0 Å². The van der Waals surface area contributed by atoms with Crippen molar-refractivity contribution in [3.63, 3.8) is 0 Å². The summed E-state index contributed by atoms with van der Waals surface area (Å²) >= 11 is 0. The van der Waals surface area contributed by atoms with E-state index in [-0.39, 0.29) is 5.71 Å². The van der Waals surface area contributed by atoms with Gasteiger partial charge in [0.25, 0.3) is 5.91 Å². The summed E-state index contributed by atoms with van der Waals surface area (Å²) in [6, 6.07) is -0.957. The van der Waals surface area contributed by atoms with E-state index < -0.39 is 16.9 Å². The monoisotopic (exact) mass is 312 g/mol. The molecule has 0 aliphatic carbocycles. The first-order valence-electron chi connectivity index (χ1n) is 6.99. The zero-order valence-corrected chi connectivity index (χ0v) is 12.6. The normalized spacial score (nSPS) is 18.1. The number of oxime groups is 1. The fourth-order valence-electron chi connectivity index (χ4n) is 2.15. The largest absolute Gasteiger partial charge is 0.410 e. The summed E-state index contributed by atoms with van der Waals surface area (Å²) < 4.78 is 0. The van der Waals surface area contributed by atoms with Crippen LogP contribution in [0.15, 0.2) is 16.8 Å². The van der Waals surface area contributed by atoms with Crippen LogP contribution in [0.25, 0.3) is 0 Å². The molecule has 122 valence electrons. The highest BCUT2D eigenvalue weighted by molar-refractivity contribution is 6.43. The molecule has 9 nitrogen and oxygen atoms in total. The smallest absolute Gasteiger partial charge is 0.276 e. The molecule has 0 radical (unpaired) electrons. The summed E-state index contributed by atoms with van der Waals surface area (Å²) in [5.74, 6) is -0.505. The maximum Gasteiger partial charge on any atom is 0.276 e. The van der Waals surface area contributed by atoms with Gasteiger partial charge in [-0.05, 0) is 12.5 Å². The minimum atomic E-state index is -0.957. The molecule has 1 saturated heterocycles. The van der Waals surface area contributed by atoms with Crippen molar-refractivity contribution in [1.29, 1.82) is 0 Å². The van der Waals surface area contributed by atoms with Gasteiger partial charge in [-0.25, -0.2) is 0 Å². The lowest BCUT2D eigenvalue weighted by atomic mass is 10.0. The first kappa shape index (κ1) is 17.6. The molecule has 22 heavy (non-hydrogen) atoms. The summed E-state index contributed by atoms with van der Waals surface area (Å²) in [5, 5.41) is 22.9. The van der Waals surface area contributed by atoms with E-state index >= 15 is 0 Å². The van der Waals surface area contributed by atoms with Crippen molar-refractivity contribution in [2.24, 2.45) is 5.16 Å². The fourth-order valence-corrected chi connectivity index (χ4v) is 2.15. The Morgan fingerprint density at radius 1 is 1.41 bits per heavy atom. The molecule has 1 aliphatic rings. The predicted octanol–water partition coefficient (Wildman–Crippen LogP) is 0.119. The van der Waals surface area contributed by atoms with E-state index in [9.17, 15) is 19.7 Å². The van der Waals surface area contributed by atoms with Gasteiger partial charge in [-0.1, -0.05) is 12.1 Å². The molecule has 1 rings (SSSR count). The highest BCUT2D eigenvalue weighted by Crippen LogP contribution is 2.11. The number of rotatable bonds is 6. The van der Waals surface area contributed by atoms with Gasteiger partial charge in [-0.3, -0.25) is 19.7 Å². The van der Waals surface area contributed by atoms with Crippen LogP contribution in [0.5, 0.6) is 0 Å². The summed E-state index contributed by atoms with van der Waals surface area (Å²) in [6.45, 7) is 4.62. The molecule has 1 N–H and O–H groups in total. The van der Waals surface area contributed by atoms with E-state index in [2.05, 4.69) is 5.16 Å². The van der Waals surface area contributed by atoms with Crippen LogP contribution in [0.3, 0.4) is 0 Å². The molecule has 2 amide bonds. The van der Waals surface area contributed by atoms with E-state index in [4.69, 9.17) is 5.21 Å². The van der Waals surface area contributed by atoms with Gasteiger partial charge in [-0.15, -0.1) is 0 Å². The maximum atomic E-state index is 12.3. The lowest BCUT2D eigenvalue weighted by Gasteiger charge is -2.32. The van der Waals surface area contributed by atoms with Crippen LogP contribution in [-0.4, -0.2) is 70.2 Å². The Balaban J connectivity index is 2.85. The summed E-state index contributed by atoms with van der Waals surface area (Å²) in [6.07, 6.45) is 2.35. The van der Waals surface area contributed by atoms with Gasteiger partial charge in [0.2, 0.25) is 12.5 Å². The van der Waals surface area contributed by atoms with Crippen LogP contribution in [0, 0.1) is 10.1 Å². The van der Waals surface area contributed by atoms with Crippen LogP contribution in [-0.2, 0) is 9.59 Å². The van der Waals surface area contributed by atoms with Crippen molar-refractivity contribution >= 4 is 18.0 Å². The number of piperazine rings is 1. The first-order valence-corrected chi connectivity index (χ1v) is 6.99. The average Bonchev–Trinajstić information content (AvgIpc) is 2.55. The molecule has 1 unspecified atom stereocenters. The van der Waals surface area contributed by atoms with E-state index in [0.717, 1.165) is 6.41 Å². The zero-order chi connectivity index (χ0) is 16.7. The lowest BCUT2D eigenvalue weighted by Crippen LogP contribution is -2.50. The molecule has 1 fully saturated rings. The minimum Gasteiger partial charge on any atom is -0.410 e. The van der Waals surface area contributed by atoms with Crippen LogP contribution >= 0.6 is 0 Å². The Morgan fingerprint density at radius 2 is 2.00 bits per heavy atom. The van der Waals surface area contributed by atoms with Crippen molar-refractivity contribution in [2.45, 2.75) is 26.3 Å². The van der Waals surface area contributed by atoms with Gasteiger partial charge < -0.3 is 15.0 Å². The Hall–Kier alpha value is -2.45. The van der Waals surface area contributed by atoms with E-state index in [1.165, 1.54) is 17.9 Å². The molecule has 0 aromatic carbocycles. The van der Waals surface area contributed by atoms with Gasteiger partial charge in [-0.2, -0.15) is 0 Å². The number of amides is 2. The molecule has 0 spiro atoms.